The van der Waals surface area contributed by atoms with Crippen LogP contribution in [0.4, 0.5) is 0 Å². The van der Waals surface area contributed by atoms with Gasteiger partial charge in [-0.1, -0.05) is 54.4 Å². The van der Waals surface area contributed by atoms with Crippen molar-refractivity contribution in [1.82, 2.24) is 5.32 Å². The maximum absolute atomic E-state index is 12.2. The molecule has 0 spiro atoms. The van der Waals surface area contributed by atoms with E-state index in [0.717, 1.165) is 25.7 Å². The Labute approximate surface area is 214 Å². The molecule has 0 radical (unpaired) electrons. The van der Waals surface area contributed by atoms with Crippen LogP contribution in [0.15, 0.2) is 0 Å². The number of carboxylic acids is 1. The lowest BCUT2D eigenvalue weighted by atomic mass is 9.72. The van der Waals surface area contributed by atoms with Gasteiger partial charge in [0.25, 0.3) is 5.79 Å². The molecule has 8 atom stereocenters. The lowest BCUT2D eigenvalue weighted by Gasteiger charge is -2.46. The predicted molar refractivity (Wildman–Crippen MR) is 137 cm³/mol. The minimum absolute atomic E-state index is 0.138. The molecule has 1 fully saturated rings. The Hall–Kier alpha value is -0.770. The van der Waals surface area contributed by atoms with Crippen molar-refractivity contribution in [3.63, 3.8) is 0 Å². The Morgan fingerprint density at radius 1 is 1.20 bits per heavy atom. The van der Waals surface area contributed by atoms with Crippen LogP contribution in [0.1, 0.15) is 88.3 Å². The van der Waals surface area contributed by atoms with Gasteiger partial charge in [-0.15, -0.1) is 0 Å². The summed E-state index contributed by atoms with van der Waals surface area (Å²) in [6, 6.07) is -0.817. The van der Waals surface area contributed by atoms with Crippen LogP contribution in [-0.4, -0.2) is 76.3 Å². The molecule has 0 aromatic heterocycles. The second-order valence-electron chi connectivity index (χ2n) is 11.2. The van der Waals surface area contributed by atoms with Crippen LogP contribution in [0.5, 0.6) is 0 Å². The van der Waals surface area contributed by atoms with Crippen LogP contribution in [-0.2, 0) is 14.3 Å². The number of aliphatic hydroxyl groups is 3. The van der Waals surface area contributed by atoms with E-state index in [0.29, 0.717) is 36.0 Å². The first kappa shape index (κ1) is 30.5. The summed E-state index contributed by atoms with van der Waals surface area (Å²) in [5.74, 6) is -0.520. The molecule has 0 bridgehead atoms. The number of rotatable bonds is 16. The van der Waals surface area contributed by atoms with Crippen LogP contribution in [0.3, 0.4) is 0 Å². The smallest absolute Gasteiger partial charge is 0.364 e. The van der Waals surface area contributed by atoms with Crippen molar-refractivity contribution in [2.75, 3.05) is 13.7 Å². The summed E-state index contributed by atoms with van der Waals surface area (Å²) < 4.78 is 18.9. The van der Waals surface area contributed by atoms with E-state index in [1.165, 1.54) is 0 Å². The molecule has 0 aliphatic carbocycles. The van der Waals surface area contributed by atoms with Gasteiger partial charge in [-0.05, 0) is 62.8 Å². The van der Waals surface area contributed by atoms with Crippen molar-refractivity contribution in [3.8, 4) is 0 Å². The first-order chi connectivity index (χ1) is 16.8. The normalized spacial score (nSPS) is 29.3. The lowest BCUT2D eigenvalue weighted by Crippen LogP contribution is -2.66. The summed E-state index contributed by atoms with van der Waals surface area (Å²) in [6.45, 7) is 13.3. The Bertz CT molecular complexity index is 629. The van der Waals surface area contributed by atoms with Gasteiger partial charge in [0.15, 0.2) is 0 Å². The first-order valence-corrected chi connectivity index (χ1v) is 13.4. The van der Waals surface area contributed by atoms with E-state index >= 15 is 0 Å². The van der Waals surface area contributed by atoms with Crippen molar-refractivity contribution in [3.05, 3.63) is 0 Å². The predicted octanol–water partition coefficient (Wildman–Crippen LogP) is 3.41. The zero-order valence-corrected chi connectivity index (χ0v) is 22.9. The van der Waals surface area contributed by atoms with E-state index in [9.17, 15) is 25.2 Å². The Morgan fingerprint density at radius 2 is 1.83 bits per heavy atom. The van der Waals surface area contributed by atoms with E-state index in [1.807, 2.05) is 0 Å². The molecular weight excluding hydrogens is 450 g/mol. The van der Waals surface area contributed by atoms with Gasteiger partial charge in [0.2, 0.25) is 0 Å². The van der Waals surface area contributed by atoms with Crippen LogP contribution < -0.4 is 5.32 Å². The molecule has 1 rings (SSSR count). The molecule has 0 saturated carbocycles. The number of likely N-dealkylation sites (N-methyl/N-ethyl adjacent to an activating group) is 1. The Balaban J connectivity index is 2.87. The molecule has 1 saturated heterocycles. The van der Waals surface area contributed by atoms with Crippen LogP contribution >= 0.6 is 0 Å². The molecule has 208 valence electrons. The van der Waals surface area contributed by atoms with Crippen molar-refractivity contribution in [2.45, 2.75) is 123 Å². The van der Waals surface area contributed by atoms with Gasteiger partial charge in [-0.25, -0.2) is 4.79 Å². The van der Waals surface area contributed by atoms with Gasteiger partial charge in [-0.3, -0.25) is 0 Å². The fourth-order valence-electron chi connectivity index (χ4n) is 6.28. The van der Waals surface area contributed by atoms with Crippen molar-refractivity contribution in [1.29, 1.82) is 0 Å². The first-order valence-electron chi connectivity index (χ1n) is 14.1. The van der Waals surface area contributed by atoms with Gasteiger partial charge in [-0.2, -0.15) is 0 Å². The summed E-state index contributed by atoms with van der Waals surface area (Å²) in [5.41, 5.74) is 0. The molecule has 5 N–H and O–H groups in total. The average Bonchev–Trinajstić information content (AvgIpc) is 2.79. The van der Waals surface area contributed by atoms with E-state index in [-0.39, 0.29) is 13.0 Å². The van der Waals surface area contributed by atoms with Gasteiger partial charge >= 0.3 is 5.97 Å². The van der Waals surface area contributed by atoms with Gasteiger partial charge in [0.1, 0.15) is 12.2 Å². The van der Waals surface area contributed by atoms with Crippen molar-refractivity contribution < 1.29 is 36.1 Å². The summed E-state index contributed by atoms with van der Waals surface area (Å²) >= 11 is 0. The molecule has 8 unspecified atom stereocenters. The molecule has 1 aliphatic heterocycles. The van der Waals surface area contributed by atoms with E-state index in [2.05, 4.69) is 46.9 Å². The quantitative estimate of drug-likeness (QED) is 0.202. The standard InChI is InChI=1S/C27H53NO7/c1-9-11-20(14-18(6)22(16(2)3)17(4)5)12-10-13-34-27(26(32)33)15-21(30)23(28-8)25(35-27)24(31)19(7)29/h16-25,28-31H,9-15H2,1-8H3,(H,32,33)/i7D. The number of carbonyl (C=O) groups is 1. The fourth-order valence-corrected chi connectivity index (χ4v) is 6.28. The zero-order valence-electron chi connectivity index (χ0n) is 23.9. The minimum atomic E-state index is -2.13. The maximum Gasteiger partial charge on any atom is 0.364 e. The third kappa shape index (κ3) is 8.93. The SMILES string of the molecule is [2H]CC(O)C(O)C1OC(OCCCC(CCC)CC(C)C(C(C)C)C(C)C)(C(=O)O)CC(O)C1NC. The van der Waals surface area contributed by atoms with Crippen LogP contribution in [0, 0.1) is 29.6 Å². The number of carboxylic acid groups (broad SMARTS) is 1. The topological polar surface area (TPSA) is 128 Å². The number of hydrogen-bond donors (Lipinski definition) is 5. The minimum Gasteiger partial charge on any atom is -0.477 e. The number of aliphatic carboxylic acids is 1. The zero-order chi connectivity index (χ0) is 27.6. The Kier molecular flexibility index (Phi) is 12.9. The summed E-state index contributed by atoms with van der Waals surface area (Å²) in [6.07, 6.45) is -0.879. The number of hydrogen-bond acceptors (Lipinski definition) is 7. The lowest BCUT2D eigenvalue weighted by molar-refractivity contribution is -0.310. The summed E-state index contributed by atoms with van der Waals surface area (Å²) in [4.78, 5) is 12.2. The number of nitrogens with one attached hydrogen (secondary N) is 1. The largest absolute Gasteiger partial charge is 0.477 e. The van der Waals surface area contributed by atoms with E-state index in [4.69, 9.17) is 10.8 Å². The van der Waals surface area contributed by atoms with Crippen LogP contribution in [0.2, 0.25) is 0 Å². The average molecular weight is 505 g/mol. The van der Waals surface area contributed by atoms with Gasteiger partial charge < -0.3 is 35.2 Å². The Morgan fingerprint density at radius 3 is 2.31 bits per heavy atom. The molecule has 35 heavy (non-hydrogen) atoms. The second-order valence-corrected chi connectivity index (χ2v) is 11.2. The van der Waals surface area contributed by atoms with Crippen LogP contribution in [0.25, 0.3) is 0 Å². The fraction of sp³-hybridized carbons (Fsp3) is 0.963. The van der Waals surface area contributed by atoms with Gasteiger partial charge in [0, 0.05) is 7.79 Å². The third-order valence-corrected chi connectivity index (χ3v) is 7.65. The van der Waals surface area contributed by atoms with E-state index < -0.39 is 49.1 Å². The van der Waals surface area contributed by atoms with Crippen molar-refractivity contribution >= 4 is 5.97 Å². The summed E-state index contributed by atoms with van der Waals surface area (Å²) in [7, 11) is 1.55. The number of ether oxygens (including phenoxy) is 2. The molecule has 1 aliphatic rings. The third-order valence-electron chi connectivity index (χ3n) is 7.65. The molecule has 0 aromatic rings. The van der Waals surface area contributed by atoms with Gasteiger partial charge in [0.05, 0.1) is 24.9 Å². The highest BCUT2D eigenvalue weighted by molar-refractivity contribution is 5.76. The monoisotopic (exact) mass is 504 g/mol. The molecule has 8 heteroatoms. The highest BCUT2D eigenvalue weighted by Gasteiger charge is 2.54. The highest BCUT2D eigenvalue weighted by Crippen LogP contribution is 2.36. The molecule has 0 aromatic carbocycles. The highest BCUT2D eigenvalue weighted by atomic mass is 16.7. The molecule has 0 amide bonds. The summed E-state index contributed by atoms with van der Waals surface area (Å²) in [5, 5.41) is 43.9. The van der Waals surface area contributed by atoms with Crippen molar-refractivity contribution in [2.24, 2.45) is 29.6 Å². The molecular formula is C27H53NO7. The molecule has 1 heterocycles. The van der Waals surface area contributed by atoms with E-state index in [1.54, 1.807) is 7.05 Å². The molecule has 8 nitrogen and oxygen atoms in total. The second kappa shape index (κ2) is 14.8. The number of aliphatic hydroxyl groups excluding tert-OH is 3. The maximum atomic E-state index is 12.2.